The van der Waals surface area contributed by atoms with E-state index in [1.807, 2.05) is 0 Å². The minimum atomic E-state index is -1.71. The first-order valence-corrected chi connectivity index (χ1v) is 16.0. The van der Waals surface area contributed by atoms with Crippen LogP contribution in [0.3, 0.4) is 0 Å². The fourth-order valence-corrected chi connectivity index (χ4v) is 4.97. The molecule has 46 heavy (non-hydrogen) atoms. The number of nitrogens with zero attached hydrogens (tertiary/aromatic N) is 2. The third-order valence-electron chi connectivity index (χ3n) is 7.04. The molecule has 0 aromatic carbocycles. The zero-order chi connectivity index (χ0) is 35.0. The Bertz CT molecular complexity index is 1090. The van der Waals surface area contributed by atoms with Crippen molar-refractivity contribution in [1.29, 1.82) is 0 Å². The van der Waals surface area contributed by atoms with Crippen LogP contribution in [0.1, 0.15) is 39.0 Å². The van der Waals surface area contributed by atoms with E-state index >= 15 is 0 Å². The number of carbonyl (C=O) groups excluding carboxylic acids is 5. The number of nitrogens with one attached hydrogen (secondary N) is 4. The Morgan fingerprint density at radius 1 is 0.935 bits per heavy atom. The Balaban J connectivity index is 2.87. The standard InChI is InChI=1S/C26H47N9O10S/c1-13(38)19(23(42)33-16(11-36)20(39)31-15(25(44)45)7-10-46-2)34-21(40)17(12-37)32-22(41)18-6-4-9-35(18)24(43)14(27)5-3-8-30-26(28)29/h13-19,36-38H,3-12,27H2,1-2H3,(H,31,39)(H,32,41)(H,33,42)(H,34,40)(H,44,45)(H4,28,29,30)/t13-,14+,15+,16+,17+,18+,19+/m1/s1. The molecule has 262 valence electrons. The van der Waals surface area contributed by atoms with E-state index in [1.54, 1.807) is 6.26 Å². The zero-order valence-electron chi connectivity index (χ0n) is 25.9. The Hall–Kier alpha value is -3.72. The summed E-state index contributed by atoms with van der Waals surface area (Å²) in [4.78, 5) is 81.0. The summed E-state index contributed by atoms with van der Waals surface area (Å²) in [5.41, 5.74) is 16.6. The summed E-state index contributed by atoms with van der Waals surface area (Å²) >= 11 is 1.35. The maximum atomic E-state index is 13.1. The van der Waals surface area contributed by atoms with Gasteiger partial charge in [-0.05, 0) is 51.0 Å². The van der Waals surface area contributed by atoms with E-state index in [0.717, 1.165) is 6.92 Å². The summed E-state index contributed by atoms with van der Waals surface area (Å²) in [6, 6.07) is -8.14. The third-order valence-corrected chi connectivity index (χ3v) is 7.69. The molecule has 20 heteroatoms. The first kappa shape index (κ1) is 40.3. The van der Waals surface area contributed by atoms with Crippen LogP contribution in [0.2, 0.25) is 0 Å². The van der Waals surface area contributed by atoms with Gasteiger partial charge in [-0.3, -0.25) is 29.0 Å². The highest BCUT2D eigenvalue weighted by Crippen LogP contribution is 2.19. The molecule has 0 spiro atoms. The number of aliphatic hydroxyl groups excluding tert-OH is 3. The number of carboxylic acid groups (broad SMARTS) is 1. The fourth-order valence-electron chi connectivity index (χ4n) is 4.50. The molecule has 0 bridgehead atoms. The number of likely N-dealkylation sites (tertiary alicyclic amines) is 1. The van der Waals surface area contributed by atoms with E-state index in [9.17, 15) is 49.2 Å². The van der Waals surface area contributed by atoms with Crippen LogP contribution >= 0.6 is 11.8 Å². The molecule has 0 unspecified atom stereocenters. The van der Waals surface area contributed by atoms with E-state index < -0.39 is 91.1 Å². The lowest BCUT2D eigenvalue weighted by Gasteiger charge is -2.29. The second-order valence-electron chi connectivity index (χ2n) is 10.6. The average Bonchev–Trinajstić information content (AvgIpc) is 3.50. The molecule has 1 aliphatic rings. The van der Waals surface area contributed by atoms with Crippen molar-refractivity contribution in [3.8, 4) is 0 Å². The van der Waals surface area contributed by atoms with Gasteiger partial charge in [-0.15, -0.1) is 0 Å². The molecule has 0 aliphatic carbocycles. The molecule has 1 rings (SSSR count). The van der Waals surface area contributed by atoms with E-state index in [4.69, 9.17) is 17.2 Å². The maximum absolute atomic E-state index is 13.1. The smallest absolute Gasteiger partial charge is 0.326 e. The van der Waals surface area contributed by atoms with Crippen LogP contribution < -0.4 is 38.5 Å². The summed E-state index contributed by atoms with van der Waals surface area (Å²) in [6.45, 7) is -0.188. The maximum Gasteiger partial charge on any atom is 0.326 e. The summed E-state index contributed by atoms with van der Waals surface area (Å²) in [7, 11) is 0. The highest BCUT2D eigenvalue weighted by molar-refractivity contribution is 7.98. The number of rotatable bonds is 20. The van der Waals surface area contributed by atoms with Crippen molar-refractivity contribution in [2.45, 2.75) is 81.4 Å². The zero-order valence-corrected chi connectivity index (χ0v) is 26.7. The first-order valence-electron chi connectivity index (χ1n) is 14.6. The number of carboxylic acids is 1. The topological polar surface area (TPSA) is 325 Å². The van der Waals surface area contributed by atoms with Crippen molar-refractivity contribution in [3.05, 3.63) is 0 Å². The number of hydrogen-bond donors (Lipinski definition) is 11. The second-order valence-corrected chi connectivity index (χ2v) is 11.6. The molecule has 0 radical (unpaired) electrons. The van der Waals surface area contributed by atoms with Gasteiger partial charge in [0.2, 0.25) is 29.5 Å². The van der Waals surface area contributed by atoms with E-state index in [1.165, 1.54) is 16.7 Å². The SMILES string of the molecule is CSCC[C@H](NC(=O)[C@H](CO)NC(=O)[C@@H](NC(=O)[C@H](CO)NC(=O)[C@@H]1CCCN1C(=O)[C@@H](N)CCCN=C(N)N)[C@@H](C)O)C(=O)O. The minimum absolute atomic E-state index is 0.0786. The van der Waals surface area contributed by atoms with Crippen LogP contribution in [0, 0.1) is 0 Å². The molecule has 5 amide bonds. The molecule has 1 heterocycles. The Kier molecular flexibility index (Phi) is 17.9. The number of amides is 5. The number of carbonyl (C=O) groups is 6. The van der Waals surface area contributed by atoms with Gasteiger partial charge in [-0.2, -0.15) is 11.8 Å². The second kappa shape index (κ2) is 20.4. The molecule has 7 atom stereocenters. The molecule has 19 nitrogen and oxygen atoms in total. The van der Waals surface area contributed by atoms with Crippen molar-refractivity contribution >= 4 is 53.2 Å². The van der Waals surface area contributed by atoms with Crippen LogP contribution in [-0.2, 0) is 28.8 Å². The third kappa shape index (κ3) is 12.9. The first-order chi connectivity index (χ1) is 21.7. The molecule has 0 aromatic rings. The Labute approximate surface area is 270 Å². The number of guanidine groups is 1. The van der Waals surface area contributed by atoms with Crippen LogP contribution in [0.5, 0.6) is 0 Å². The minimum Gasteiger partial charge on any atom is -0.480 e. The molecular formula is C26H47N9O10S. The van der Waals surface area contributed by atoms with Crippen LogP contribution in [0.15, 0.2) is 4.99 Å². The van der Waals surface area contributed by atoms with Gasteiger partial charge in [0.1, 0.15) is 30.2 Å². The number of aliphatic imine (C=N–C) groups is 1. The molecule has 14 N–H and O–H groups in total. The number of nitrogens with two attached hydrogens (primary N) is 3. The number of aliphatic carboxylic acids is 1. The Morgan fingerprint density at radius 3 is 2.07 bits per heavy atom. The monoisotopic (exact) mass is 677 g/mol. The Morgan fingerprint density at radius 2 is 1.52 bits per heavy atom. The predicted molar refractivity (Wildman–Crippen MR) is 167 cm³/mol. The molecule has 0 aromatic heterocycles. The lowest BCUT2D eigenvalue weighted by Crippen LogP contribution is -2.62. The van der Waals surface area contributed by atoms with E-state index in [2.05, 4.69) is 26.3 Å². The van der Waals surface area contributed by atoms with Crippen LogP contribution in [0.25, 0.3) is 0 Å². The number of aliphatic hydroxyl groups is 3. The molecule has 1 saturated heterocycles. The van der Waals surface area contributed by atoms with E-state index in [-0.39, 0.29) is 38.3 Å². The molecule has 1 aliphatic heterocycles. The quantitative estimate of drug-likeness (QED) is 0.0325. The highest BCUT2D eigenvalue weighted by Gasteiger charge is 2.38. The molecule has 1 fully saturated rings. The summed E-state index contributed by atoms with van der Waals surface area (Å²) in [5.74, 6) is -5.43. The van der Waals surface area contributed by atoms with Crippen molar-refractivity contribution < 1.29 is 49.2 Å². The lowest BCUT2D eigenvalue weighted by atomic mass is 10.1. The number of thioether (sulfide) groups is 1. The van der Waals surface area contributed by atoms with Crippen LogP contribution in [-0.4, -0.2) is 147 Å². The summed E-state index contributed by atoms with van der Waals surface area (Å²) in [5, 5.41) is 47.9. The van der Waals surface area contributed by atoms with Gasteiger partial charge in [0.15, 0.2) is 5.96 Å². The van der Waals surface area contributed by atoms with Crippen molar-refractivity contribution in [2.75, 3.05) is 38.3 Å². The van der Waals surface area contributed by atoms with Gasteiger partial charge in [0, 0.05) is 13.1 Å². The normalized spacial score (nSPS) is 18.2. The van der Waals surface area contributed by atoms with Gasteiger partial charge in [0.25, 0.3) is 0 Å². The van der Waals surface area contributed by atoms with Gasteiger partial charge in [0.05, 0.1) is 25.4 Å². The fraction of sp³-hybridized carbons (Fsp3) is 0.731. The summed E-state index contributed by atoms with van der Waals surface area (Å²) < 4.78 is 0. The highest BCUT2D eigenvalue weighted by atomic mass is 32.2. The predicted octanol–water partition coefficient (Wildman–Crippen LogP) is -5.50. The van der Waals surface area contributed by atoms with Crippen LogP contribution in [0.4, 0.5) is 0 Å². The van der Waals surface area contributed by atoms with E-state index in [0.29, 0.717) is 18.6 Å². The van der Waals surface area contributed by atoms with Crippen molar-refractivity contribution in [3.63, 3.8) is 0 Å². The van der Waals surface area contributed by atoms with Gasteiger partial charge in [-0.25, -0.2) is 4.79 Å². The largest absolute Gasteiger partial charge is 0.480 e. The lowest BCUT2D eigenvalue weighted by molar-refractivity contribution is -0.143. The number of hydrogen-bond acceptors (Lipinski definition) is 12. The van der Waals surface area contributed by atoms with Gasteiger partial charge in [-0.1, -0.05) is 0 Å². The van der Waals surface area contributed by atoms with Gasteiger partial charge >= 0.3 is 5.97 Å². The average molecular weight is 678 g/mol. The van der Waals surface area contributed by atoms with Crippen molar-refractivity contribution in [1.82, 2.24) is 26.2 Å². The molecular weight excluding hydrogens is 630 g/mol. The van der Waals surface area contributed by atoms with Gasteiger partial charge < -0.3 is 63.8 Å². The van der Waals surface area contributed by atoms with Crippen molar-refractivity contribution in [2.24, 2.45) is 22.2 Å². The summed E-state index contributed by atoms with van der Waals surface area (Å²) in [6.07, 6.45) is 1.70. The molecule has 0 saturated carbocycles.